The van der Waals surface area contributed by atoms with Crippen LogP contribution in [0.1, 0.15) is 5.69 Å². The summed E-state index contributed by atoms with van der Waals surface area (Å²) in [6, 6.07) is 6.07. The largest absolute Gasteiger partial charge is 0.435 e. The molecule has 0 saturated carbocycles. The van der Waals surface area contributed by atoms with Crippen molar-refractivity contribution >= 4 is 11.0 Å². The van der Waals surface area contributed by atoms with Crippen LogP contribution in [0.2, 0.25) is 0 Å². The molecule has 0 N–H and O–H groups in total. The average Bonchev–Trinajstić information content (AvgIpc) is 2.81. The summed E-state index contributed by atoms with van der Waals surface area (Å²) < 4.78 is 40.0. The van der Waals surface area contributed by atoms with Gasteiger partial charge >= 0.3 is 6.18 Å². The van der Waals surface area contributed by atoms with Crippen molar-refractivity contribution in [2.45, 2.75) is 6.18 Å². The molecule has 0 atom stereocenters. The van der Waals surface area contributed by atoms with E-state index < -0.39 is 11.9 Å². The van der Waals surface area contributed by atoms with Crippen molar-refractivity contribution in [1.82, 2.24) is 19.7 Å². The first-order valence-corrected chi connectivity index (χ1v) is 5.39. The molecular weight excluding hydrogens is 257 g/mol. The lowest BCUT2D eigenvalue weighted by Crippen LogP contribution is -2.13. The van der Waals surface area contributed by atoms with E-state index in [1.165, 1.54) is 23.0 Å². The normalized spacial score (nSPS) is 11.9. The average molecular weight is 264 g/mol. The molecule has 3 aromatic heterocycles. The standard InChI is InChI=1S/C12H7F3N4/c13-12(14,15)11-10(4-2-6-17-11)19-9-3-1-5-16-8(9)7-18-19/h1-7H. The third kappa shape index (κ3) is 1.92. The summed E-state index contributed by atoms with van der Waals surface area (Å²) >= 11 is 0. The number of halogens is 3. The maximum absolute atomic E-state index is 12.9. The molecule has 0 radical (unpaired) electrons. The van der Waals surface area contributed by atoms with Gasteiger partial charge in [0.15, 0.2) is 5.69 Å². The summed E-state index contributed by atoms with van der Waals surface area (Å²) in [5.41, 5.74) is -0.0534. The summed E-state index contributed by atoms with van der Waals surface area (Å²) in [5.74, 6) is 0. The molecule has 0 aliphatic rings. The van der Waals surface area contributed by atoms with Crippen molar-refractivity contribution in [3.8, 4) is 5.69 Å². The molecule has 0 aliphatic carbocycles. The third-order valence-corrected chi connectivity index (χ3v) is 2.62. The smallest absolute Gasteiger partial charge is 0.253 e. The van der Waals surface area contributed by atoms with Gasteiger partial charge in [-0.05, 0) is 24.3 Å². The predicted octanol–water partition coefficient (Wildman–Crippen LogP) is 2.83. The minimum Gasteiger partial charge on any atom is -0.253 e. The number of aromatic nitrogens is 4. The van der Waals surface area contributed by atoms with Gasteiger partial charge in [-0.1, -0.05) is 0 Å². The van der Waals surface area contributed by atoms with Crippen molar-refractivity contribution in [1.29, 1.82) is 0 Å². The molecule has 0 amide bonds. The van der Waals surface area contributed by atoms with Gasteiger partial charge in [-0.2, -0.15) is 18.3 Å². The van der Waals surface area contributed by atoms with Gasteiger partial charge in [0.2, 0.25) is 0 Å². The maximum atomic E-state index is 12.9. The molecule has 0 fully saturated rings. The molecule has 0 spiro atoms. The monoisotopic (exact) mass is 264 g/mol. The maximum Gasteiger partial charge on any atom is 0.435 e. The lowest BCUT2D eigenvalue weighted by molar-refractivity contribution is -0.141. The van der Waals surface area contributed by atoms with E-state index in [4.69, 9.17) is 0 Å². The molecule has 0 bridgehead atoms. The van der Waals surface area contributed by atoms with Gasteiger partial charge in [-0.15, -0.1) is 0 Å². The fourth-order valence-corrected chi connectivity index (χ4v) is 1.84. The second-order valence-corrected chi connectivity index (χ2v) is 3.83. The molecule has 0 aromatic carbocycles. The summed E-state index contributed by atoms with van der Waals surface area (Å²) in [5, 5.41) is 3.95. The van der Waals surface area contributed by atoms with Crippen LogP contribution in [0.15, 0.2) is 42.9 Å². The molecular formula is C12H7F3N4. The molecule has 19 heavy (non-hydrogen) atoms. The molecule has 7 heteroatoms. The lowest BCUT2D eigenvalue weighted by Gasteiger charge is -2.11. The number of fused-ring (bicyclic) bond motifs is 1. The molecule has 3 heterocycles. The van der Waals surface area contributed by atoms with E-state index in [1.807, 2.05) is 0 Å². The van der Waals surface area contributed by atoms with Crippen LogP contribution in [0, 0.1) is 0 Å². The highest BCUT2D eigenvalue weighted by Gasteiger charge is 2.36. The minimum absolute atomic E-state index is 0.113. The van der Waals surface area contributed by atoms with E-state index >= 15 is 0 Å². The molecule has 96 valence electrons. The van der Waals surface area contributed by atoms with Gasteiger partial charge in [0.05, 0.1) is 17.4 Å². The Bertz CT molecular complexity index is 733. The summed E-state index contributed by atoms with van der Waals surface area (Å²) in [4.78, 5) is 7.44. The van der Waals surface area contributed by atoms with E-state index in [0.29, 0.717) is 11.0 Å². The predicted molar refractivity (Wildman–Crippen MR) is 61.7 cm³/mol. The van der Waals surface area contributed by atoms with Crippen molar-refractivity contribution < 1.29 is 13.2 Å². The van der Waals surface area contributed by atoms with Gasteiger partial charge in [-0.25, -0.2) is 9.67 Å². The van der Waals surface area contributed by atoms with Crippen LogP contribution in [-0.2, 0) is 6.18 Å². The van der Waals surface area contributed by atoms with Crippen LogP contribution >= 0.6 is 0 Å². The minimum atomic E-state index is -4.53. The number of hydrogen-bond acceptors (Lipinski definition) is 3. The van der Waals surface area contributed by atoms with Crippen LogP contribution in [0.4, 0.5) is 13.2 Å². The topological polar surface area (TPSA) is 43.6 Å². The zero-order chi connectivity index (χ0) is 13.5. The van der Waals surface area contributed by atoms with E-state index in [1.54, 1.807) is 18.3 Å². The number of pyridine rings is 2. The number of nitrogens with zero attached hydrogens (tertiary/aromatic N) is 4. The highest BCUT2D eigenvalue weighted by Crippen LogP contribution is 2.32. The van der Waals surface area contributed by atoms with Crippen LogP contribution in [0.25, 0.3) is 16.7 Å². The Morgan fingerprint density at radius 1 is 1.00 bits per heavy atom. The Hall–Kier alpha value is -2.44. The third-order valence-electron chi connectivity index (χ3n) is 2.62. The van der Waals surface area contributed by atoms with Gasteiger partial charge in [0, 0.05) is 12.4 Å². The second kappa shape index (κ2) is 4.04. The van der Waals surface area contributed by atoms with Gasteiger partial charge in [0.1, 0.15) is 5.52 Å². The molecule has 0 saturated heterocycles. The highest BCUT2D eigenvalue weighted by molar-refractivity contribution is 5.75. The molecule has 3 rings (SSSR count). The number of alkyl halides is 3. The van der Waals surface area contributed by atoms with Crippen LogP contribution in [-0.4, -0.2) is 19.7 Å². The SMILES string of the molecule is FC(F)(F)c1ncccc1-n1ncc2ncccc21. The zero-order valence-corrected chi connectivity index (χ0v) is 9.46. The van der Waals surface area contributed by atoms with Crippen molar-refractivity contribution in [2.75, 3.05) is 0 Å². The van der Waals surface area contributed by atoms with E-state index in [9.17, 15) is 13.2 Å². The van der Waals surface area contributed by atoms with Gasteiger partial charge in [-0.3, -0.25) is 4.98 Å². The van der Waals surface area contributed by atoms with E-state index in [-0.39, 0.29) is 5.69 Å². The van der Waals surface area contributed by atoms with Crippen molar-refractivity contribution in [3.63, 3.8) is 0 Å². The van der Waals surface area contributed by atoms with Gasteiger partial charge in [0.25, 0.3) is 0 Å². The van der Waals surface area contributed by atoms with Crippen LogP contribution in [0.5, 0.6) is 0 Å². The van der Waals surface area contributed by atoms with Crippen LogP contribution < -0.4 is 0 Å². The molecule has 3 aromatic rings. The quantitative estimate of drug-likeness (QED) is 0.678. The first-order chi connectivity index (χ1) is 9.07. The zero-order valence-electron chi connectivity index (χ0n) is 9.46. The summed E-state index contributed by atoms with van der Waals surface area (Å²) in [7, 11) is 0. The number of hydrogen-bond donors (Lipinski definition) is 0. The van der Waals surface area contributed by atoms with Crippen molar-refractivity contribution in [3.05, 3.63) is 48.5 Å². The fourth-order valence-electron chi connectivity index (χ4n) is 1.84. The van der Waals surface area contributed by atoms with E-state index in [0.717, 1.165) is 6.20 Å². The molecule has 4 nitrogen and oxygen atoms in total. The molecule has 0 unspecified atom stereocenters. The lowest BCUT2D eigenvalue weighted by atomic mass is 10.2. The highest BCUT2D eigenvalue weighted by atomic mass is 19.4. The Balaban J connectivity index is 2.28. The fraction of sp³-hybridized carbons (Fsp3) is 0.0833. The second-order valence-electron chi connectivity index (χ2n) is 3.83. The Morgan fingerprint density at radius 3 is 2.53 bits per heavy atom. The Labute approximate surface area is 105 Å². The number of rotatable bonds is 1. The van der Waals surface area contributed by atoms with Gasteiger partial charge < -0.3 is 0 Å². The Kier molecular flexibility index (Phi) is 2.48. The Morgan fingerprint density at radius 2 is 1.74 bits per heavy atom. The first kappa shape index (κ1) is 11.6. The summed E-state index contributed by atoms with van der Waals surface area (Å²) in [6.45, 7) is 0. The molecule has 0 aliphatic heterocycles. The van der Waals surface area contributed by atoms with E-state index in [2.05, 4.69) is 15.1 Å². The van der Waals surface area contributed by atoms with Crippen LogP contribution in [0.3, 0.4) is 0 Å². The first-order valence-electron chi connectivity index (χ1n) is 5.39. The van der Waals surface area contributed by atoms with Crippen molar-refractivity contribution in [2.24, 2.45) is 0 Å². The summed E-state index contributed by atoms with van der Waals surface area (Å²) in [6.07, 6.45) is -0.446.